The summed E-state index contributed by atoms with van der Waals surface area (Å²) in [5, 5.41) is 0. The van der Waals surface area contributed by atoms with Crippen LogP contribution in [0.3, 0.4) is 0 Å². The van der Waals surface area contributed by atoms with E-state index in [-0.39, 0.29) is 6.10 Å². The van der Waals surface area contributed by atoms with Crippen LogP contribution in [0.1, 0.15) is 70.0 Å². The van der Waals surface area contributed by atoms with E-state index < -0.39 is 17.5 Å². The maximum absolute atomic E-state index is 13.5. The van der Waals surface area contributed by atoms with E-state index >= 15 is 0 Å². The van der Waals surface area contributed by atoms with Gasteiger partial charge in [0.25, 0.3) is 0 Å². The number of allylic oxidation sites excluding steroid dienone is 1. The van der Waals surface area contributed by atoms with Crippen LogP contribution in [0.15, 0.2) is 48.2 Å². The van der Waals surface area contributed by atoms with E-state index in [9.17, 15) is 13.2 Å². The minimum atomic E-state index is -1.44. The van der Waals surface area contributed by atoms with Crippen molar-refractivity contribution in [1.82, 2.24) is 0 Å². The Balaban J connectivity index is 1.38. The van der Waals surface area contributed by atoms with Crippen LogP contribution in [0.5, 0.6) is 0 Å². The third-order valence-corrected chi connectivity index (χ3v) is 6.75. The van der Waals surface area contributed by atoms with Crippen molar-refractivity contribution < 1.29 is 17.9 Å². The minimum absolute atomic E-state index is 0.000852. The Labute approximate surface area is 177 Å². The zero-order valence-electron chi connectivity index (χ0n) is 17.5. The number of ether oxygens (including phenoxy) is 1. The first-order valence-corrected chi connectivity index (χ1v) is 11.1. The molecular weight excluding hydrogens is 385 g/mol. The van der Waals surface area contributed by atoms with Gasteiger partial charge in [-0.05, 0) is 84.8 Å². The standard InChI is InChI=1S/C26H29F3O/c1-2-3-17-4-6-18(7-5-17)21-12-13-25(30-16-21)20-10-8-19(9-11-20)22-14-23(27)26(29)24(28)15-22/h8-11,14-18,25H,2-7,12-13H2,1H3. The summed E-state index contributed by atoms with van der Waals surface area (Å²) in [6.07, 6.45) is 11.9. The Morgan fingerprint density at radius 3 is 2.10 bits per heavy atom. The van der Waals surface area contributed by atoms with Crippen LogP contribution in [0, 0.1) is 29.3 Å². The molecule has 1 fully saturated rings. The van der Waals surface area contributed by atoms with Crippen molar-refractivity contribution in [2.75, 3.05) is 0 Å². The number of rotatable bonds is 5. The quantitative estimate of drug-likeness (QED) is 0.449. The van der Waals surface area contributed by atoms with Gasteiger partial charge in [-0.1, -0.05) is 44.0 Å². The largest absolute Gasteiger partial charge is 0.493 e. The zero-order valence-corrected chi connectivity index (χ0v) is 17.5. The molecular formula is C26H29F3O. The number of hydrogen-bond donors (Lipinski definition) is 0. The predicted octanol–water partition coefficient (Wildman–Crippen LogP) is 8.11. The summed E-state index contributed by atoms with van der Waals surface area (Å²) in [5.74, 6) is -2.21. The molecule has 1 nitrogen and oxygen atoms in total. The highest BCUT2D eigenvalue weighted by Crippen LogP contribution is 2.40. The highest BCUT2D eigenvalue weighted by molar-refractivity contribution is 5.64. The summed E-state index contributed by atoms with van der Waals surface area (Å²) < 4.78 is 46.3. The zero-order chi connectivity index (χ0) is 21.1. The first kappa shape index (κ1) is 21.0. The molecule has 2 aromatic carbocycles. The molecule has 0 N–H and O–H groups in total. The molecule has 2 aromatic rings. The van der Waals surface area contributed by atoms with Gasteiger partial charge in [-0.2, -0.15) is 0 Å². The summed E-state index contributed by atoms with van der Waals surface area (Å²) in [6.45, 7) is 2.27. The maximum atomic E-state index is 13.5. The predicted molar refractivity (Wildman–Crippen MR) is 113 cm³/mol. The van der Waals surface area contributed by atoms with Crippen LogP contribution in [-0.4, -0.2) is 0 Å². The molecule has 1 unspecified atom stereocenters. The van der Waals surface area contributed by atoms with Crippen LogP contribution >= 0.6 is 0 Å². The second-order valence-electron chi connectivity index (χ2n) is 8.74. The third kappa shape index (κ3) is 4.58. The van der Waals surface area contributed by atoms with Crippen molar-refractivity contribution in [3.05, 3.63) is 71.2 Å². The lowest BCUT2D eigenvalue weighted by Gasteiger charge is -2.33. The molecule has 2 aliphatic rings. The molecule has 1 heterocycles. The fourth-order valence-electron chi connectivity index (χ4n) is 4.98. The molecule has 0 aromatic heterocycles. The summed E-state index contributed by atoms with van der Waals surface area (Å²) in [7, 11) is 0. The SMILES string of the molecule is CCCC1CCC(C2=COC(c3ccc(-c4cc(F)c(F)c(F)c4)cc3)CC2)CC1. The summed E-state index contributed by atoms with van der Waals surface area (Å²) >= 11 is 0. The van der Waals surface area contributed by atoms with E-state index in [2.05, 4.69) is 6.92 Å². The van der Waals surface area contributed by atoms with Gasteiger partial charge >= 0.3 is 0 Å². The number of halogens is 3. The Morgan fingerprint density at radius 1 is 0.867 bits per heavy atom. The average Bonchev–Trinajstić information content (AvgIpc) is 2.78. The van der Waals surface area contributed by atoms with Gasteiger partial charge in [-0.3, -0.25) is 0 Å². The van der Waals surface area contributed by atoms with Crippen molar-refractivity contribution in [2.45, 2.75) is 64.4 Å². The molecule has 1 saturated carbocycles. The van der Waals surface area contributed by atoms with Crippen LogP contribution in [0.2, 0.25) is 0 Å². The minimum Gasteiger partial charge on any atom is -0.493 e. The van der Waals surface area contributed by atoms with Gasteiger partial charge in [-0.15, -0.1) is 0 Å². The van der Waals surface area contributed by atoms with Crippen LogP contribution in [0.25, 0.3) is 11.1 Å². The van der Waals surface area contributed by atoms with E-state index in [1.807, 2.05) is 18.4 Å². The lowest BCUT2D eigenvalue weighted by Crippen LogP contribution is -2.19. The molecule has 0 spiro atoms. The van der Waals surface area contributed by atoms with Gasteiger partial charge in [-0.25, -0.2) is 13.2 Å². The van der Waals surface area contributed by atoms with Gasteiger partial charge in [0.15, 0.2) is 17.5 Å². The van der Waals surface area contributed by atoms with Crippen LogP contribution in [0.4, 0.5) is 13.2 Å². The molecule has 160 valence electrons. The van der Waals surface area contributed by atoms with Gasteiger partial charge in [0.2, 0.25) is 0 Å². The second-order valence-corrected chi connectivity index (χ2v) is 8.74. The van der Waals surface area contributed by atoms with Crippen molar-refractivity contribution >= 4 is 0 Å². The topological polar surface area (TPSA) is 9.23 Å². The molecule has 0 radical (unpaired) electrons. The first-order chi connectivity index (χ1) is 14.5. The summed E-state index contributed by atoms with van der Waals surface area (Å²) in [5.41, 5.74) is 3.47. The molecule has 30 heavy (non-hydrogen) atoms. The maximum Gasteiger partial charge on any atom is 0.194 e. The lowest BCUT2D eigenvalue weighted by molar-refractivity contribution is 0.113. The summed E-state index contributed by atoms with van der Waals surface area (Å²) in [6, 6.07) is 9.50. The smallest absolute Gasteiger partial charge is 0.194 e. The van der Waals surface area contributed by atoms with Gasteiger partial charge < -0.3 is 4.74 Å². The lowest BCUT2D eigenvalue weighted by atomic mass is 9.76. The third-order valence-electron chi connectivity index (χ3n) is 6.75. The van der Waals surface area contributed by atoms with E-state index in [1.165, 1.54) is 44.1 Å². The average molecular weight is 415 g/mol. The highest BCUT2D eigenvalue weighted by atomic mass is 19.2. The van der Waals surface area contributed by atoms with Gasteiger partial charge in [0, 0.05) is 0 Å². The molecule has 1 atom stereocenters. The van der Waals surface area contributed by atoms with Crippen molar-refractivity contribution in [3.8, 4) is 11.1 Å². The van der Waals surface area contributed by atoms with Crippen molar-refractivity contribution in [1.29, 1.82) is 0 Å². The highest BCUT2D eigenvalue weighted by Gasteiger charge is 2.27. The van der Waals surface area contributed by atoms with E-state index in [0.29, 0.717) is 17.0 Å². The Hall–Kier alpha value is -2.23. The Morgan fingerprint density at radius 2 is 1.53 bits per heavy atom. The number of benzene rings is 2. The van der Waals surface area contributed by atoms with Gasteiger partial charge in [0.1, 0.15) is 6.10 Å². The Bertz CT molecular complexity index is 872. The van der Waals surface area contributed by atoms with Crippen molar-refractivity contribution in [2.24, 2.45) is 11.8 Å². The van der Waals surface area contributed by atoms with E-state index in [4.69, 9.17) is 4.74 Å². The second kappa shape index (κ2) is 9.28. The van der Waals surface area contributed by atoms with Gasteiger partial charge in [0.05, 0.1) is 6.26 Å². The first-order valence-electron chi connectivity index (χ1n) is 11.1. The molecule has 0 amide bonds. The van der Waals surface area contributed by atoms with Crippen LogP contribution in [-0.2, 0) is 4.74 Å². The number of hydrogen-bond acceptors (Lipinski definition) is 1. The molecule has 1 aliphatic heterocycles. The monoisotopic (exact) mass is 414 g/mol. The van der Waals surface area contributed by atoms with E-state index in [1.54, 1.807) is 12.1 Å². The molecule has 4 rings (SSSR count). The van der Waals surface area contributed by atoms with E-state index in [0.717, 1.165) is 36.5 Å². The van der Waals surface area contributed by atoms with Crippen molar-refractivity contribution in [3.63, 3.8) is 0 Å². The Kier molecular flexibility index (Phi) is 6.50. The summed E-state index contributed by atoms with van der Waals surface area (Å²) in [4.78, 5) is 0. The molecule has 0 bridgehead atoms. The fourth-order valence-corrected chi connectivity index (χ4v) is 4.98. The normalized spacial score (nSPS) is 24.3. The van der Waals surface area contributed by atoms with Crippen LogP contribution < -0.4 is 0 Å². The molecule has 4 heteroatoms. The fraction of sp³-hybridized carbons (Fsp3) is 0.462. The molecule has 0 saturated heterocycles. The molecule has 1 aliphatic carbocycles.